The van der Waals surface area contributed by atoms with Crippen LogP contribution in [0.15, 0.2) is 11.4 Å². The number of thiazole rings is 1. The molecule has 3 heterocycles. The van der Waals surface area contributed by atoms with Gasteiger partial charge in [-0.2, -0.15) is 0 Å². The van der Waals surface area contributed by atoms with E-state index in [0.717, 1.165) is 60.8 Å². The van der Waals surface area contributed by atoms with E-state index in [2.05, 4.69) is 58.9 Å². The zero-order chi connectivity index (χ0) is 16.4. The van der Waals surface area contributed by atoms with Gasteiger partial charge in [0.05, 0.1) is 5.69 Å². The summed E-state index contributed by atoms with van der Waals surface area (Å²) in [5.41, 5.74) is 2.16. The molecule has 0 amide bonds. The van der Waals surface area contributed by atoms with Crippen LogP contribution in [0.5, 0.6) is 0 Å². The number of hydrogen-bond donors (Lipinski definition) is 0. The van der Waals surface area contributed by atoms with E-state index in [1.165, 1.54) is 0 Å². The Bertz CT molecular complexity index is 667. The first-order valence-electron chi connectivity index (χ1n) is 8.30. The number of rotatable bonds is 3. The van der Waals surface area contributed by atoms with Gasteiger partial charge in [-0.05, 0) is 20.3 Å². The minimum atomic E-state index is 0.357. The molecule has 0 bridgehead atoms. The highest BCUT2D eigenvalue weighted by molar-refractivity contribution is 7.13. The van der Waals surface area contributed by atoms with Crippen molar-refractivity contribution < 1.29 is 0 Å². The predicted molar refractivity (Wildman–Crippen MR) is 96.8 cm³/mol. The summed E-state index contributed by atoms with van der Waals surface area (Å²) < 4.78 is 0. The largest absolute Gasteiger partial charge is 0.355 e. The summed E-state index contributed by atoms with van der Waals surface area (Å²) in [7, 11) is 0. The smallest absolute Gasteiger partial charge is 0.185 e. The molecule has 0 aromatic carbocycles. The maximum Gasteiger partial charge on any atom is 0.185 e. The lowest BCUT2D eigenvalue weighted by Crippen LogP contribution is -2.31. The molecule has 0 unspecified atom stereocenters. The van der Waals surface area contributed by atoms with E-state index in [0.29, 0.717) is 5.92 Å². The molecule has 2 aromatic heterocycles. The quantitative estimate of drug-likeness (QED) is 0.862. The molecule has 2 aromatic rings. The van der Waals surface area contributed by atoms with Crippen molar-refractivity contribution in [3.8, 4) is 0 Å². The van der Waals surface area contributed by atoms with E-state index < -0.39 is 0 Å². The van der Waals surface area contributed by atoms with Crippen molar-refractivity contribution in [3.05, 3.63) is 28.7 Å². The fourth-order valence-electron chi connectivity index (χ4n) is 2.82. The third-order valence-electron chi connectivity index (χ3n) is 4.07. The van der Waals surface area contributed by atoms with Crippen LogP contribution in [0.3, 0.4) is 0 Å². The summed E-state index contributed by atoms with van der Waals surface area (Å²) in [6.45, 7) is 12.5. The van der Waals surface area contributed by atoms with Crippen LogP contribution in [0.25, 0.3) is 0 Å². The molecule has 0 atom stereocenters. The van der Waals surface area contributed by atoms with Gasteiger partial charge in [0.1, 0.15) is 11.6 Å². The fraction of sp³-hybridized carbons (Fsp3) is 0.588. The molecule has 0 aliphatic carbocycles. The number of anilines is 2. The Kier molecular flexibility index (Phi) is 4.80. The Morgan fingerprint density at radius 1 is 0.957 bits per heavy atom. The lowest BCUT2D eigenvalue weighted by atomic mass is 10.2. The van der Waals surface area contributed by atoms with Crippen molar-refractivity contribution in [2.75, 3.05) is 36.0 Å². The van der Waals surface area contributed by atoms with E-state index in [4.69, 9.17) is 4.98 Å². The van der Waals surface area contributed by atoms with Crippen LogP contribution in [-0.4, -0.2) is 41.1 Å². The summed E-state index contributed by atoms with van der Waals surface area (Å²) in [6.07, 6.45) is 1.12. The average Bonchev–Trinajstić information content (AvgIpc) is 2.80. The normalized spacial score (nSPS) is 16.0. The molecule has 3 rings (SSSR count). The SMILES string of the molecule is Cc1cc(N2CCCN(c3nc(C)cs3)CC2)nc(C(C)C)n1. The van der Waals surface area contributed by atoms with Crippen molar-refractivity contribution in [1.82, 2.24) is 15.0 Å². The van der Waals surface area contributed by atoms with Gasteiger partial charge in [-0.3, -0.25) is 0 Å². The molecule has 1 fully saturated rings. The molecular formula is C17H25N5S. The number of aromatic nitrogens is 3. The second-order valence-corrected chi connectivity index (χ2v) is 7.32. The Labute approximate surface area is 142 Å². The van der Waals surface area contributed by atoms with Crippen LogP contribution in [0, 0.1) is 13.8 Å². The zero-order valence-electron chi connectivity index (χ0n) is 14.4. The number of hydrogen-bond acceptors (Lipinski definition) is 6. The second kappa shape index (κ2) is 6.83. The summed E-state index contributed by atoms with van der Waals surface area (Å²) in [4.78, 5) is 18.8. The van der Waals surface area contributed by atoms with E-state index in [-0.39, 0.29) is 0 Å². The van der Waals surface area contributed by atoms with Crippen LogP contribution in [0.1, 0.15) is 43.4 Å². The maximum atomic E-state index is 4.78. The van der Waals surface area contributed by atoms with Crippen molar-refractivity contribution >= 4 is 22.3 Å². The molecular weight excluding hydrogens is 306 g/mol. The molecule has 124 valence electrons. The maximum absolute atomic E-state index is 4.78. The van der Waals surface area contributed by atoms with Gasteiger partial charge in [-0.25, -0.2) is 15.0 Å². The van der Waals surface area contributed by atoms with Gasteiger partial charge in [-0.15, -0.1) is 11.3 Å². The van der Waals surface area contributed by atoms with Crippen molar-refractivity contribution in [2.24, 2.45) is 0 Å². The highest BCUT2D eigenvalue weighted by atomic mass is 32.1. The third-order valence-corrected chi connectivity index (χ3v) is 5.09. The second-order valence-electron chi connectivity index (χ2n) is 6.48. The summed E-state index contributed by atoms with van der Waals surface area (Å²) in [5, 5.41) is 3.27. The monoisotopic (exact) mass is 331 g/mol. The standard InChI is InChI=1S/C17H25N5S/c1-12(2)16-18-13(3)10-15(20-16)21-6-5-7-22(9-8-21)17-19-14(4)11-23-17/h10-12H,5-9H2,1-4H3. The topological polar surface area (TPSA) is 45.2 Å². The van der Waals surface area contributed by atoms with Gasteiger partial charge in [0.2, 0.25) is 0 Å². The van der Waals surface area contributed by atoms with Crippen LogP contribution >= 0.6 is 11.3 Å². The molecule has 1 aliphatic rings. The Morgan fingerprint density at radius 3 is 2.39 bits per heavy atom. The molecule has 6 heteroatoms. The minimum Gasteiger partial charge on any atom is -0.355 e. The first-order valence-corrected chi connectivity index (χ1v) is 9.18. The summed E-state index contributed by atoms with van der Waals surface area (Å²) in [6, 6.07) is 2.11. The first kappa shape index (κ1) is 16.2. The van der Waals surface area contributed by atoms with E-state index in [1.807, 2.05) is 0 Å². The van der Waals surface area contributed by atoms with Crippen LogP contribution in [-0.2, 0) is 0 Å². The third kappa shape index (κ3) is 3.80. The lowest BCUT2D eigenvalue weighted by Gasteiger charge is -2.23. The molecule has 0 saturated carbocycles. The highest BCUT2D eigenvalue weighted by Gasteiger charge is 2.19. The predicted octanol–water partition coefficient (Wildman–Crippen LogP) is 3.39. The first-order chi connectivity index (χ1) is 11.0. The van der Waals surface area contributed by atoms with Crippen LogP contribution in [0.4, 0.5) is 10.9 Å². The molecule has 1 aliphatic heterocycles. The van der Waals surface area contributed by atoms with Gasteiger partial charge in [0.15, 0.2) is 5.13 Å². The molecule has 0 spiro atoms. The van der Waals surface area contributed by atoms with Gasteiger partial charge >= 0.3 is 0 Å². The molecule has 0 radical (unpaired) electrons. The molecule has 1 saturated heterocycles. The molecule has 5 nitrogen and oxygen atoms in total. The average molecular weight is 331 g/mol. The Balaban J connectivity index is 1.75. The van der Waals surface area contributed by atoms with Crippen molar-refractivity contribution in [1.29, 1.82) is 0 Å². The number of aryl methyl sites for hydroxylation is 2. The highest BCUT2D eigenvalue weighted by Crippen LogP contribution is 2.23. The van der Waals surface area contributed by atoms with Crippen molar-refractivity contribution in [3.63, 3.8) is 0 Å². The lowest BCUT2D eigenvalue weighted by molar-refractivity contribution is 0.740. The summed E-state index contributed by atoms with van der Waals surface area (Å²) in [5.74, 6) is 2.37. The minimum absolute atomic E-state index is 0.357. The summed E-state index contributed by atoms with van der Waals surface area (Å²) >= 11 is 1.74. The molecule has 23 heavy (non-hydrogen) atoms. The van der Waals surface area contributed by atoms with E-state index in [1.54, 1.807) is 11.3 Å². The van der Waals surface area contributed by atoms with Gasteiger partial charge in [-0.1, -0.05) is 13.8 Å². The van der Waals surface area contributed by atoms with Crippen LogP contribution in [0.2, 0.25) is 0 Å². The molecule has 0 N–H and O–H groups in total. The van der Waals surface area contributed by atoms with E-state index in [9.17, 15) is 0 Å². The Hall–Kier alpha value is -1.69. The van der Waals surface area contributed by atoms with Crippen molar-refractivity contribution in [2.45, 2.75) is 40.0 Å². The van der Waals surface area contributed by atoms with Gasteiger partial charge in [0, 0.05) is 49.2 Å². The van der Waals surface area contributed by atoms with Gasteiger partial charge in [0.25, 0.3) is 0 Å². The van der Waals surface area contributed by atoms with Crippen LogP contribution < -0.4 is 9.80 Å². The fourth-order valence-corrected chi connectivity index (χ4v) is 3.68. The Morgan fingerprint density at radius 2 is 1.70 bits per heavy atom. The number of nitrogens with zero attached hydrogens (tertiary/aromatic N) is 5. The zero-order valence-corrected chi connectivity index (χ0v) is 15.2. The van der Waals surface area contributed by atoms with E-state index >= 15 is 0 Å². The van der Waals surface area contributed by atoms with Gasteiger partial charge < -0.3 is 9.80 Å².